The van der Waals surface area contributed by atoms with E-state index in [0.717, 1.165) is 24.0 Å². The number of esters is 2. The van der Waals surface area contributed by atoms with Crippen LogP contribution in [-0.2, 0) is 30.4 Å². The van der Waals surface area contributed by atoms with Gasteiger partial charge in [0.05, 0.1) is 18.4 Å². The lowest BCUT2D eigenvalue weighted by Gasteiger charge is -2.42. The largest absolute Gasteiger partial charge is 0.462 e. The van der Waals surface area contributed by atoms with Crippen molar-refractivity contribution in [3.05, 3.63) is 47.5 Å². The van der Waals surface area contributed by atoms with Crippen LogP contribution in [0.15, 0.2) is 42.0 Å². The molecule has 0 bridgehead atoms. The summed E-state index contributed by atoms with van der Waals surface area (Å²) in [7, 11) is 0. The van der Waals surface area contributed by atoms with E-state index in [4.69, 9.17) is 14.2 Å². The quantitative estimate of drug-likeness (QED) is 0.440. The number of alkyl carbamates (subject to hydrolysis) is 1. The fraction of sp³-hybridized carbons (Fsp3) is 0.542. The Labute approximate surface area is 182 Å². The van der Waals surface area contributed by atoms with E-state index in [1.165, 1.54) is 0 Å². The summed E-state index contributed by atoms with van der Waals surface area (Å²) in [5, 5.41) is 2.89. The van der Waals surface area contributed by atoms with Gasteiger partial charge in [-0.25, -0.2) is 4.79 Å². The number of carbonyl (C=O) groups is 3. The maximum atomic E-state index is 13.3. The molecule has 1 saturated heterocycles. The zero-order chi connectivity index (χ0) is 22.0. The fourth-order valence-corrected chi connectivity index (χ4v) is 5.30. The Kier molecular flexibility index (Phi) is 6.30. The van der Waals surface area contributed by atoms with Crippen molar-refractivity contribution in [2.45, 2.75) is 51.9 Å². The summed E-state index contributed by atoms with van der Waals surface area (Å²) in [4.78, 5) is 37.6. The summed E-state index contributed by atoms with van der Waals surface area (Å²) in [6, 6.07) is 9.49. The minimum atomic E-state index is -0.447. The molecule has 0 spiro atoms. The normalized spacial score (nSPS) is 31.5. The molecule has 6 atom stereocenters. The summed E-state index contributed by atoms with van der Waals surface area (Å²) >= 11 is 0. The molecule has 166 valence electrons. The van der Waals surface area contributed by atoms with Gasteiger partial charge in [0.2, 0.25) is 0 Å². The predicted octanol–water partition coefficient (Wildman–Crippen LogP) is 3.38. The Morgan fingerprint density at radius 3 is 2.68 bits per heavy atom. The predicted molar refractivity (Wildman–Crippen MR) is 112 cm³/mol. The van der Waals surface area contributed by atoms with Gasteiger partial charge in [0.25, 0.3) is 0 Å². The number of cyclic esters (lactones) is 1. The first-order chi connectivity index (χ1) is 15.0. The third kappa shape index (κ3) is 4.45. The zero-order valence-corrected chi connectivity index (χ0v) is 17.9. The highest BCUT2D eigenvalue weighted by molar-refractivity contribution is 5.82. The molecule has 1 N–H and O–H groups in total. The average Bonchev–Trinajstić information content (AvgIpc) is 3.04. The van der Waals surface area contributed by atoms with Crippen LogP contribution in [-0.4, -0.2) is 36.8 Å². The van der Waals surface area contributed by atoms with E-state index in [-0.39, 0.29) is 42.5 Å². The van der Waals surface area contributed by atoms with Crippen molar-refractivity contribution in [2.75, 3.05) is 6.61 Å². The number of carbonyl (C=O) groups excluding carboxylic acids is 3. The summed E-state index contributed by atoms with van der Waals surface area (Å²) in [5.41, 5.74) is 1.95. The molecule has 7 heteroatoms. The number of hydrogen-bond acceptors (Lipinski definition) is 6. The van der Waals surface area contributed by atoms with Gasteiger partial charge in [0.15, 0.2) is 0 Å². The van der Waals surface area contributed by atoms with Crippen molar-refractivity contribution in [1.82, 2.24) is 5.32 Å². The Bertz CT molecular complexity index is 866. The lowest BCUT2D eigenvalue weighted by molar-refractivity contribution is -0.156. The van der Waals surface area contributed by atoms with Gasteiger partial charge >= 0.3 is 18.0 Å². The highest BCUT2D eigenvalue weighted by atomic mass is 16.6. The molecule has 1 aromatic carbocycles. The number of nitrogens with one attached hydrogen (secondary N) is 1. The van der Waals surface area contributed by atoms with Crippen molar-refractivity contribution in [2.24, 2.45) is 23.7 Å². The van der Waals surface area contributed by atoms with Gasteiger partial charge in [0, 0.05) is 12.0 Å². The Hall–Kier alpha value is -2.83. The van der Waals surface area contributed by atoms with Crippen molar-refractivity contribution in [3.8, 4) is 0 Å². The molecule has 0 radical (unpaired) electrons. The van der Waals surface area contributed by atoms with Gasteiger partial charge in [-0.3, -0.25) is 9.59 Å². The molecule has 1 amide bonds. The first-order valence-electron chi connectivity index (χ1n) is 11.0. The highest BCUT2D eigenvalue weighted by Gasteiger charge is 2.55. The second-order valence-corrected chi connectivity index (χ2v) is 8.56. The molecule has 0 aromatic heterocycles. The van der Waals surface area contributed by atoms with Crippen LogP contribution >= 0.6 is 0 Å². The van der Waals surface area contributed by atoms with E-state index in [1.54, 1.807) is 6.92 Å². The molecule has 1 saturated carbocycles. The van der Waals surface area contributed by atoms with Crippen LogP contribution in [0, 0.1) is 23.7 Å². The molecular formula is C24H29NO6. The molecule has 7 nitrogen and oxygen atoms in total. The van der Waals surface area contributed by atoms with Crippen LogP contribution in [0.2, 0.25) is 0 Å². The Morgan fingerprint density at radius 2 is 1.94 bits per heavy atom. The topological polar surface area (TPSA) is 90.9 Å². The molecular weight excluding hydrogens is 398 g/mol. The van der Waals surface area contributed by atoms with Crippen LogP contribution in [0.1, 0.15) is 38.7 Å². The number of benzene rings is 1. The Balaban J connectivity index is 1.52. The molecule has 1 aromatic rings. The molecule has 31 heavy (non-hydrogen) atoms. The number of fused-ring (bicyclic) bond motifs is 2. The highest BCUT2D eigenvalue weighted by Crippen LogP contribution is 2.50. The number of ether oxygens (including phenoxy) is 3. The lowest BCUT2D eigenvalue weighted by atomic mass is 9.62. The fourth-order valence-electron chi connectivity index (χ4n) is 5.30. The summed E-state index contributed by atoms with van der Waals surface area (Å²) in [6.07, 6.45) is 3.27. The first-order valence-corrected chi connectivity index (χ1v) is 11.0. The van der Waals surface area contributed by atoms with Gasteiger partial charge in [-0.1, -0.05) is 42.0 Å². The standard InChI is InChI=1S/C24H29NO6/c1-3-29-24(28)25-17-9-10-18-16(11-17)12-19-20(14(2)31-22(19)26)21(18)23(27)30-13-15-7-5-4-6-8-15/h4-8,12,14,17-21H,3,9-11,13H2,1-2H3,(H,25,28)/t14-,17-,18-,19-,20-,21+/m1/s1. The molecule has 3 aliphatic rings. The molecule has 1 heterocycles. The maximum absolute atomic E-state index is 13.3. The average molecular weight is 427 g/mol. The van der Waals surface area contributed by atoms with Crippen LogP contribution in [0.4, 0.5) is 4.79 Å². The third-order valence-electron chi connectivity index (χ3n) is 6.65. The Morgan fingerprint density at radius 1 is 1.16 bits per heavy atom. The minimum absolute atomic E-state index is 0.0123. The molecule has 4 rings (SSSR count). The van der Waals surface area contributed by atoms with Gasteiger partial charge in [-0.05, 0) is 44.6 Å². The van der Waals surface area contributed by atoms with E-state index >= 15 is 0 Å². The lowest BCUT2D eigenvalue weighted by Crippen LogP contribution is -2.47. The molecule has 2 fully saturated rings. The number of amides is 1. The van der Waals surface area contributed by atoms with Crippen LogP contribution < -0.4 is 5.32 Å². The van der Waals surface area contributed by atoms with Gasteiger partial charge in [-0.15, -0.1) is 0 Å². The van der Waals surface area contributed by atoms with Crippen molar-refractivity contribution >= 4 is 18.0 Å². The van der Waals surface area contributed by atoms with Gasteiger partial charge in [0.1, 0.15) is 12.7 Å². The number of rotatable bonds is 5. The summed E-state index contributed by atoms with van der Waals surface area (Å²) in [6.45, 7) is 4.13. The monoisotopic (exact) mass is 427 g/mol. The van der Waals surface area contributed by atoms with Crippen LogP contribution in [0.5, 0.6) is 0 Å². The maximum Gasteiger partial charge on any atom is 0.407 e. The second-order valence-electron chi connectivity index (χ2n) is 8.56. The van der Waals surface area contributed by atoms with E-state index in [9.17, 15) is 14.4 Å². The van der Waals surface area contributed by atoms with E-state index in [1.807, 2.05) is 43.3 Å². The SMILES string of the molecule is CCOC(=O)N[C@@H]1CC[C@@H]2C(=C[C@H]3C(=O)O[C@H](C)[C@H]3[C@H]2C(=O)OCc2ccccc2)C1. The number of hydrogen-bond donors (Lipinski definition) is 1. The van der Waals surface area contributed by atoms with Crippen molar-refractivity contribution < 1.29 is 28.6 Å². The van der Waals surface area contributed by atoms with Gasteiger partial charge in [-0.2, -0.15) is 0 Å². The zero-order valence-electron chi connectivity index (χ0n) is 17.9. The molecule has 0 unspecified atom stereocenters. The smallest absolute Gasteiger partial charge is 0.407 e. The first kappa shape index (κ1) is 21.4. The van der Waals surface area contributed by atoms with Crippen molar-refractivity contribution in [1.29, 1.82) is 0 Å². The molecule has 2 aliphatic carbocycles. The second kappa shape index (κ2) is 9.12. The minimum Gasteiger partial charge on any atom is -0.462 e. The van der Waals surface area contributed by atoms with Gasteiger partial charge < -0.3 is 19.5 Å². The summed E-state index contributed by atoms with van der Waals surface area (Å²) < 4.78 is 16.2. The van der Waals surface area contributed by atoms with E-state index in [0.29, 0.717) is 13.0 Å². The third-order valence-corrected chi connectivity index (χ3v) is 6.65. The van der Waals surface area contributed by atoms with Crippen LogP contribution in [0.3, 0.4) is 0 Å². The summed E-state index contributed by atoms with van der Waals surface area (Å²) in [5.74, 6) is -1.68. The van der Waals surface area contributed by atoms with Crippen molar-refractivity contribution in [3.63, 3.8) is 0 Å². The van der Waals surface area contributed by atoms with E-state index < -0.39 is 17.9 Å². The molecule has 1 aliphatic heterocycles. The van der Waals surface area contributed by atoms with Crippen LogP contribution in [0.25, 0.3) is 0 Å². The van der Waals surface area contributed by atoms with E-state index in [2.05, 4.69) is 5.32 Å².